The van der Waals surface area contributed by atoms with Gasteiger partial charge in [-0.25, -0.2) is 22.9 Å². The third kappa shape index (κ3) is 8.79. The van der Waals surface area contributed by atoms with Gasteiger partial charge >= 0.3 is 6.09 Å². The highest BCUT2D eigenvalue weighted by molar-refractivity contribution is 7.89. The molecule has 0 bridgehead atoms. The van der Waals surface area contributed by atoms with Gasteiger partial charge in [0.2, 0.25) is 15.9 Å². The van der Waals surface area contributed by atoms with Crippen molar-refractivity contribution in [2.45, 2.75) is 64.4 Å². The Morgan fingerprint density at radius 3 is 2.51 bits per heavy atom. The Kier molecular flexibility index (Phi) is 10.0. The number of methoxy groups -OCH3 is 1. The van der Waals surface area contributed by atoms with Crippen LogP contribution in [0.25, 0.3) is 10.4 Å². The quantitative estimate of drug-likeness (QED) is 0.376. The van der Waals surface area contributed by atoms with Crippen molar-refractivity contribution >= 4 is 38.5 Å². The number of benzene rings is 1. The highest BCUT2D eigenvalue weighted by Gasteiger charge is 2.22. The van der Waals surface area contributed by atoms with E-state index in [1.165, 1.54) is 24.5 Å². The number of nitrogens with zero attached hydrogens (tertiary/aromatic N) is 1. The van der Waals surface area contributed by atoms with Crippen LogP contribution in [-0.4, -0.2) is 51.2 Å². The Balaban J connectivity index is 2.16. The van der Waals surface area contributed by atoms with Crippen LogP contribution in [0.5, 0.6) is 5.75 Å². The number of nitrogens with one attached hydrogen (secondary N) is 3. The third-order valence-corrected chi connectivity index (χ3v) is 7.21. The molecule has 0 saturated heterocycles. The molecule has 0 unspecified atom stereocenters. The topological polar surface area (TPSA) is 136 Å². The van der Waals surface area contributed by atoms with Gasteiger partial charge in [-0.1, -0.05) is 24.7 Å². The van der Waals surface area contributed by atoms with Crippen molar-refractivity contribution in [3.8, 4) is 16.2 Å². The predicted octanol–water partition coefficient (Wildman–Crippen LogP) is 4.06. The maximum Gasteiger partial charge on any atom is 0.407 e. The van der Waals surface area contributed by atoms with E-state index in [1.54, 1.807) is 39.8 Å². The first-order valence-electron chi connectivity index (χ1n) is 11.3. The van der Waals surface area contributed by atoms with Crippen LogP contribution in [0.2, 0.25) is 0 Å². The van der Waals surface area contributed by atoms with E-state index in [4.69, 9.17) is 9.47 Å². The predicted molar refractivity (Wildman–Crippen MR) is 136 cm³/mol. The van der Waals surface area contributed by atoms with Gasteiger partial charge in [0.15, 0.2) is 5.13 Å². The largest absolute Gasteiger partial charge is 0.495 e. The van der Waals surface area contributed by atoms with Crippen LogP contribution >= 0.6 is 11.3 Å². The van der Waals surface area contributed by atoms with Gasteiger partial charge in [0, 0.05) is 19.5 Å². The summed E-state index contributed by atoms with van der Waals surface area (Å²) < 4.78 is 38.9. The van der Waals surface area contributed by atoms with Crippen LogP contribution in [0.15, 0.2) is 23.1 Å². The molecule has 35 heavy (non-hydrogen) atoms. The molecule has 0 aliphatic carbocycles. The molecule has 2 aromatic rings. The fourth-order valence-electron chi connectivity index (χ4n) is 3.01. The molecule has 3 N–H and O–H groups in total. The zero-order valence-electron chi connectivity index (χ0n) is 21.0. The SMILES string of the molecule is CCCCC(=O)Nc1nc(C)c(-c2ccc(OC)c(S(=O)(=O)NCCNC(=O)OC(C)(C)C)c2)s1. The minimum Gasteiger partial charge on any atom is -0.495 e. The molecule has 1 aromatic heterocycles. The summed E-state index contributed by atoms with van der Waals surface area (Å²) in [6.45, 7) is 9.04. The van der Waals surface area contributed by atoms with Gasteiger partial charge in [0.05, 0.1) is 17.7 Å². The second kappa shape index (κ2) is 12.3. The van der Waals surface area contributed by atoms with E-state index in [1.807, 2.05) is 6.92 Å². The molecule has 194 valence electrons. The Labute approximate surface area is 210 Å². The lowest BCUT2D eigenvalue weighted by Gasteiger charge is -2.19. The molecular weight excluding hydrogens is 492 g/mol. The molecule has 10 nitrogen and oxygen atoms in total. The molecule has 0 aliphatic rings. The van der Waals surface area contributed by atoms with Gasteiger partial charge in [0.25, 0.3) is 0 Å². The van der Waals surface area contributed by atoms with Crippen molar-refractivity contribution in [1.82, 2.24) is 15.0 Å². The molecule has 0 fully saturated rings. The number of alkyl carbamates (subject to hydrolysis) is 1. The second-order valence-electron chi connectivity index (χ2n) is 8.78. The number of rotatable bonds is 11. The first-order chi connectivity index (χ1) is 16.4. The zero-order chi connectivity index (χ0) is 26.2. The van der Waals surface area contributed by atoms with E-state index in [9.17, 15) is 18.0 Å². The van der Waals surface area contributed by atoms with Gasteiger partial charge in [-0.2, -0.15) is 0 Å². The average molecular weight is 527 g/mol. The molecular formula is C23H34N4O6S2. The normalized spacial score (nSPS) is 11.7. The molecule has 1 heterocycles. The molecule has 12 heteroatoms. The van der Waals surface area contributed by atoms with E-state index < -0.39 is 21.7 Å². The number of sulfonamides is 1. The highest BCUT2D eigenvalue weighted by atomic mass is 32.2. The van der Waals surface area contributed by atoms with Crippen LogP contribution in [-0.2, 0) is 19.6 Å². The number of anilines is 1. The van der Waals surface area contributed by atoms with E-state index >= 15 is 0 Å². The van der Waals surface area contributed by atoms with Gasteiger partial charge in [-0.3, -0.25) is 4.79 Å². The van der Waals surface area contributed by atoms with Crippen LogP contribution in [0.1, 0.15) is 52.7 Å². The molecule has 2 amide bonds. The van der Waals surface area contributed by atoms with Crippen LogP contribution in [0, 0.1) is 6.92 Å². The highest BCUT2D eigenvalue weighted by Crippen LogP contribution is 2.36. The van der Waals surface area contributed by atoms with Crippen LogP contribution in [0.4, 0.5) is 9.93 Å². The average Bonchev–Trinajstić information content (AvgIpc) is 3.13. The maximum absolute atomic E-state index is 13.0. The first kappa shape index (κ1) is 28.5. The lowest BCUT2D eigenvalue weighted by Crippen LogP contribution is -2.37. The van der Waals surface area contributed by atoms with Crippen molar-refractivity contribution < 1.29 is 27.5 Å². The Morgan fingerprint density at radius 2 is 1.89 bits per heavy atom. The number of hydrogen-bond acceptors (Lipinski definition) is 8. The number of aryl methyl sites for hydroxylation is 1. The zero-order valence-corrected chi connectivity index (χ0v) is 22.6. The van der Waals surface area contributed by atoms with E-state index in [0.29, 0.717) is 22.8 Å². The van der Waals surface area contributed by atoms with Gasteiger partial charge in [-0.15, -0.1) is 0 Å². The number of hydrogen-bond donors (Lipinski definition) is 3. The fourth-order valence-corrected chi connectivity index (χ4v) is 5.21. The number of ether oxygens (including phenoxy) is 2. The van der Waals surface area contributed by atoms with E-state index in [2.05, 4.69) is 20.3 Å². The van der Waals surface area contributed by atoms with Crippen molar-refractivity contribution in [2.75, 3.05) is 25.5 Å². The molecule has 2 rings (SSSR count). The number of thiazole rings is 1. The maximum atomic E-state index is 13.0. The molecule has 0 aliphatic heterocycles. The monoisotopic (exact) mass is 526 g/mol. The summed E-state index contributed by atoms with van der Waals surface area (Å²) in [6, 6.07) is 4.82. The minimum atomic E-state index is -3.95. The molecule has 0 saturated carbocycles. The number of amides is 2. The van der Waals surface area contributed by atoms with E-state index in [-0.39, 0.29) is 29.6 Å². The van der Waals surface area contributed by atoms with Gasteiger partial charge < -0.3 is 20.1 Å². The summed E-state index contributed by atoms with van der Waals surface area (Å²) in [6.07, 6.45) is 1.51. The molecule has 1 aromatic carbocycles. The minimum absolute atomic E-state index is 0.0392. The summed E-state index contributed by atoms with van der Waals surface area (Å²) >= 11 is 1.28. The Hall–Kier alpha value is -2.70. The lowest BCUT2D eigenvalue weighted by molar-refractivity contribution is -0.116. The molecule has 0 atom stereocenters. The van der Waals surface area contributed by atoms with Crippen molar-refractivity contribution in [3.63, 3.8) is 0 Å². The van der Waals surface area contributed by atoms with Crippen molar-refractivity contribution in [1.29, 1.82) is 0 Å². The van der Waals surface area contributed by atoms with Crippen LogP contribution in [0.3, 0.4) is 0 Å². The van der Waals surface area contributed by atoms with Crippen molar-refractivity contribution in [2.24, 2.45) is 0 Å². The molecule has 0 radical (unpaired) electrons. The van der Waals surface area contributed by atoms with Crippen LogP contribution < -0.4 is 20.1 Å². The summed E-state index contributed by atoms with van der Waals surface area (Å²) in [5, 5.41) is 5.77. The fraction of sp³-hybridized carbons (Fsp3) is 0.522. The standard InChI is InChI=1S/C23H34N4O6S2/c1-7-8-9-19(28)27-21-26-15(2)20(34-21)16-10-11-17(32-6)18(14-16)35(30,31)25-13-12-24-22(29)33-23(3,4)5/h10-11,14,25H,7-9,12-13H2,1-6H3,(H,24,29)(H,26,27,28). The Bertz CT molecular complexity index is 1140. The van der Waals surface area contributed by atoms with E-state index in [0.717, 1.165) is 17.7 Å². The summed E-state index contributed by atoms with van der Waals surface area (Å²) in [4.78, 5) is 28.9. The number of aromatic nitrogens is 1. The lowest BCUT2D eigenvalue weighted by atomic mass is 10.1. The smallest absolute Gasteiger partial charge is 0.407 e. The summed E-state index contributed by atoms with van der Waals surface area (Å²) in [5.74, 6) is 0.0750. The number of unbranched alkanes of at least 4 members (excludes halogenated alkanes) is 1. The third-order valence-electron chi connectivity index (χ3n) is 4.60. The summed E-state index contributed by atoms with van der Waals surface area (Å²) in [5.41, 5.74) is 0.649. The second-order valence-corrected chi connectivity index (χ2v) is 11.5. The Morgan fingerprint density at radius 1 is 1.17 bits per heavy atom. The van der Waals surface area contributed by atoms with Gasteiger partial charge in [-0.05, 0) is 57.9 Å². The van der Waals surface area contributed by atoms with Gasteiger partial charge in [0.1, 0.15) is 16.2 Å². The number of carbonyl (C=O) groups is 2. The molecule has 0 spiro atoms. The van der Waals surface area contributed by atoms with Crippen molar-refractivity contribution in [3.05, 3.63) is 23.9 Å². The summed E-state index contributed by atoms with van der Waals surface area (Å²) in [7, 11) is -2.57. The first-order valence-corrected chi connectivity index (χ1v) is 13.6. The number of carbonyl (C=O) groups excluding carboxylic acids is 2.